The number of carbonyl (C=O) groups is 1. The van der Waals surface area contributed by atoms with Crippen molar-refractivity contribution in [2.24, 2.45) is 0 Å². The summed E-state index contributed by atoms with van der Waals surface area (Å²) in [4.78, 5) is 31.6. The molecule has 3 aromatic heterocycles. The average Bonchev–Trinajstić information content (AvgIpc) is 4.11. The molecule has 0 unspecified atom stereocenters. The molecule has 3 heterocycles. The van der Waals surface area contributed by atoms with Crippen LogP contribution in [-0.2, 0) is 25.8 Å². The van der Waals surface area contributed by atoms with Crippen LogP contribution >= 0.6 is 0 Å². The summed E-state index contributed by atoms with van der Waals surface area (Å²) >= 11 is 0. The molecule has 0 N–H and O–H groups in total. The Bertz CT molecular complexity index is 4430. The molecule has 0 spiro atoms. The lowest BCUT2D eigenvalue weighted by Crippen LogP contribution is -2.43. The van der Waals surface area contributed by atoms with Gasteiger partial charge in [-0.1, -0.05) is 184 Å². The fourth-order valence-electron chi connectivity index (χ4n) is 14.8. The molecule has 0 amide bonds. The van der Waals surface area contributed by atoms with Crippen LogP contribution in [-0.4, -0.2) is 27.5 Å². The first-order valence-corrected chi connectivity index (χ1v) is 27.4. The lowest BCUT2D eigenvalue weighted by Gasteiger charge is -2.47. The molecule has 12 aromatic rings. The highest BCUT2D eigenvalue weighted by Crippen LogP contribution is 2.68. The molecule has 0 aliphatic heterocycles. The second-order valence-corrected chi connectivity index (χ2v) is 21.9. The molecule has 3 aliphatic carbocycles. The zero-order valence-electron chi connectivity index (χ0n) is 42.9. The number of benzene rings is 9. The van der Waals surface area contributed by atoms with Crippen molar-refractivity contribution in [2.75, 3.05) is 6.61 Å². The predicted molar refractivity (Wildman–Crippen MR) is 311 cm³/mol. The maximum atomic E-state index is 14.3. The maximum Gasteiger partial charge on any atom is 0.305 e. The van der Waals surface area contributed by atoms with E-state index in [0.29, 0.717) is 19.4 Å². The lowest BCUT2D eigenvalue weighted by atomic mass is 9.54. The van der Waals surface area contributed by atoms with Crippen molar-refractivity contribution in [1.29, 1.82) is 0 Å². The third-order valence-electron chi connectivity index (χ3n) is 18.0. The van der Waals surface area contributed by atoms with E-state index in [1.165, 1.54) is 76.8 Å². The molecule has 5 heteroatoms. The van der Waals surface area contributed by atoms with Crippen molar-refractivity contribution in [1.82, 2.24) is 15.0 Å². The van der Waals surface area contributed by atoms with Gasteiger partial charge in [0.15, 0.2) is 0 Å². The number of unbranched alkanes of at least 4 members (excludes halogenated alkanes) is 1. The van der Waals surface area contributed by atoms with Crippen LogP contribution in [0, 0.1) is 0 Å². The summed E-state index contributed by atoms with van der Waals surface area (Å²) in [6.07, 6.45) is 5.11. The number of aromatic nitrogens is 3. The number of nitrogens with zero attached hydrogens (tertiary/aromatic N) is 3. The van der Waals surface area contributed by atoms with Crippen LogP contribution in [0.2, 0.25) is 0 Å². The fourth-order valence-corrected chi connectivity index (χ4v) is 14.8. The molecule has 0 saturated heterocycles. The minimum Gasteiger partial charge on any atom is -0.466 e. The van der Waals surface area contributed by atoms with Crippen molar-refractivity contribution in [3.05, 3.63) is 234 Å². The van der Waals surface area contributed by atoms with Crippen LogP contribution in [0.1, 0.15) is 92.2 Å². The van der Waals surface area contributed by atoms with Crippen molar-refractivity contribution in [2.45, 2.75) is 75.0 Å². The van der Waals surface area contributed by atoms with Gasteiger partial charge in [0.1, 0.15) is 0 Å². The summed E-state index contributed by atoms with van der Waals surface area (Å²) in [5.41, 5.74) is 15.2. The van der Waals surface area contributed by atoms with E-state index in [9.17, 15) is 4.79 Å². The molecule has 3 atom stereocenters. The molecule has 0 radical (unpaired) electrons. The van der Waals surface area contributed by atoms with Crippen LogP contribution in [0.5, 0.6) is 0 Å². The molecule has 5 nitrogen and oxygen atoms in total. The Balaban J connectivity index is 1.11. The molecule has 0 fully saturated rings. The van der Waals surface area contributed by atoms with Crippen LogP contribution in [0.15, 0.2) is 200 Å². The van der Waals surface area contributed by atoms with Crippen LogP contribution in [0.25, 0.3) is 98.8 Å². The van der Waals surface area contributed by atoms with E-state index in [1.54, 1.807) is 0 Å². The van der Waals surface area contributed by atoms with E-state index in [4.69, 9.17) is 19.7 Å². The molecular formula is C71H55N3O2. The summed E-state index contributed by atoms with van der Waals surface area (Å²) in [7, 11) is 0. The van der Waals surface area contributed by atoms with Gasteiger partial charge in [-0.25, -0.2) is 15.0 Å². The number of esters is 1. The zero-order valence-corrected chi connectivity index (χ0v) is 42.9. The first-order valence-electron chi connectivity index (χ1n) is 27.4. The fraction of sp³-hybridized carbons (Fsp3) is 0.183. The first-order chi connectivity index (χ1) is 37.4. The van der Waals surface area contributed by atoms with Gasteiger partial charge in [0.2, 0.25) is 0 Å². The smallest absolute Gasteiger partial charge is 0.305 e. The number of ether oxygens (including phenoxy) is 1. The first kappa shape index (κ1) is 44.9. The third kappa shape index (κ3) is 6.38. The van der Waals surface area contributed by atoms with E-state index in [1.807, 2.05) is 6.92 Å². The van der Waals surface area contributed by atoms with E-state index in [2.05, 4.69) is 207 Å². The summed E-state index contributed by atoms with van der Waals surface area (Å²) in [5, 5.41) is 10.5. The number of carbonyl (C=O) groups excluding carboxylic acids is 1. The summed E-state index contributed by atoms with van der Waals surface area (Å²) in [6, 6.07) is 74.2. The van der Waals surface area contributed by atoms with Crippen LogP contribution in [0.4, 0.5) is 0 Å². The molecule has 366 valence electrons. The Hall–Kier alpha value is -8.54. The average molecular weight is 982 g/mol. The largest absolute Gasteiger partial charge is 0.466 e. The highest BCUT2D eigenvalue weighted by atomic mass is 16.5. The van der Waals surface area contributed by atoms with Crippen molar-refractivity contribution in [3.63, 3.8) is 0 Å². The minimum absolute atomic E-state index is 0.186. The van der Waals surface area contributed by atoms with Crippen molar-refractivity contribution < 1.29 is 9.53 Å². The lowest BCUT2D eigenvalue weighted by molar-refractivity contribution is -0.143. The maximum absolute atomic E-state index is 14.3. The Labute approximate surface area is 442 Å². The molecule has 3 aliphatic rings. The Morgan fingerprint density at radius 1 is 0.395 bits per heavy atom. The Morgan fingerprint density at radius 3 is 1.16 bits per heavy atom. The Kier molecular flexibility index (Phi) is 10.0. The van der Waals surface area contributed by atoms with Gasteiger partial charge >= 0.3 is 5.97 Å². The summed E-state index contributed by atoms with van der Waals surface area (Å²) < 4.78 is 5.91. The number of fused-ring (bicyclic) bond motifs is 18. The van der Waals surface area contributed by atoms with Crippen LogP contribution in [0.3, 0.4) is 0 Å². The zero-order chi connectivity index (χ0) is 50.8. The summed E-state index contributed by atoms with van der Waals surface area (Å²) in [5.74, 6) is -0.186. The third-order valence-corrected chi connectivity index (χ3v) is 18.0. The predicted octanol–water partition coefficient (Wildman–Crippen LogP) is 17.3. The van der Waals surface area contributed by atoms with Gasteiger partial charge in [-0.15, -0.1) is 0 Å². The van der Waals surface area contributed by atoms with E-state index >= 15 is 0 Å². The normalized spacial score (nSPS) is 18.8. The standard InChI is InChI=1S/C71H55N3O2/c1-3-5-37-69(53-33-30-44-18-6-12-24-50(44)63(53)66-56(69)39-47-21-9-15-27-59(47)72-66)42-71(55-35-32-46-20-8-14-26-52(46)65(55)68-58(71)41-49-23-11-17-29-61(49)74-68)43-70(38-36-62(75)76-4-2)54-34-31-45-19-7-13-25-51(45)64(54)67-57(70)40-48-22-10-16-28-60(48)73-67/h6-35,39-41H,3-5,36-38,42-43H2,1-2H3/t69-,70+,71-/m1/s1. The van der Waals surface area contributed by atoms with Gasteiger partial charge in [-0.2, -0.15) is 0 Å². The van der Waals surface area contributed by atoms with E-state index in [-0.39, 0.29) is 12.4 Å². The second kappa shape index (κ2) is 17.0. The highest BCUT2D eigenvalue weighted by molar-refractivity contribution is 6.07. The van der Waals surface area contributed by atoms with E-state index in [0.717, 1.165) is 81.0 Å². The van der Waals surface area contributed by atoms with Gasteiger partial charge in [0, 0.05) is 55.5 Å². The number of rotatable bonds is 11. The van der Waals surface area contributed by atoms with Gasteiger partial charge < -0.3 is 4.74 Å². The SMILES string of the molecule is CCCC[C@]1(C[C@]2(C[C@]3(CCC(=O)OCC)c4cc5ccccc5nc4-c4c3ccc3ccccc43)c3cc4ccccc4nc3-c3c2ccc2ccccc32)c2cc3ccccc3nc2-c2c1ccc1ccccc21. The molecule has 15 rings (SSSR count). The number of hydrogen-bond acceptors (Lipinski definition) is 5. The molecule has 0 bridgehead atoms. The molecule has 0 saturated carbocycles. The monoisotopic (exact) mass is 981 g/mol. The highest BCUT2D eigenvalue weighted by Gasteiger charge is 2.59. The Morgan fingerprint density at radius 2 is 0.750 bits per heavy atom. The van der Waals surface area contributed by atoms with E-state index < -0.39 is 16.2 Å². The van der Waals surface area contributed by atoms with Gasteiger partial charge in [-0.3, -0.25) is 4.79 Å². The topological polar surface area (TPSA) is 65.0 Å². The molecular weight excluding hydrogens is 927 g/mol. The second-order valence-electron chi connectivity index (χ2n) is 21.9. The minimum atomic E-state index is -0.740. The van der Waals surface area contributed by atoms with Crippen LogP contribution < -0.4 is 0 Å². The molecule has 9 aromatic carbocycles. The molecule has 76 heavy (non-hydrogen) atoms. The van der Waals surface area contributed by atoms with Gasteiger partial charge in [0.05, 0.1) is 40.2 Å². The van der Waals surface area contributed by atoms with Gasteiger partial charge in [0.25, 0.3) is 0 Å². The number of para-hydroxylation sites is 3. The number of hydrogen-bond donors (Lipinski definition) is 0. The van der Waals surface area contributed by atoms with Crippen molar-refractivity contribution >= 4 is 71.0 Å². The number of pyridine rings is 3. The summed E-state index contributed by atoms with van der Waals surface area (Å²) in [6.45, 7) is 4.57. The quantitative estimate of drug-likeness (QED) is 0.121. The van der Waals surface area contributed by atoms with Crippen molar-refractivity contribution in [3.8, 4) is 33.8 Å². The van der Waals surface area contributed by atoms with Gasteiger partial charge in [-0.05, 0) is 135 Å².